The maximum Gasteiger partial charge on any atom is 0.410 e. The number of hydrogen-bond acceptors (Lipinski definition) is 7. The van der Waals surface area contributed by atoms with Gasteiger partial charge in [-0.25, -0.2) is 14.3 Å². The van der Waals surface area contributed by atoms with Crippen LogP contribution in [0.25, 0.3) is 16.6 Å². The highest BCUT2D eigenvalue weighted by Crippen LogP contribution is 2.40. The second-order valence-electron chi connectivity index (χ2n) is 12.9. The van der Waals surface area contributed by atoms with Crippen LogP contribution < -0.4 is 10.5 Å². The van der Waals surface area contributed by atoms with Gasteiger partial charge in [0.2, 0.25) is 0 Å². The molecule has 1 saturated carbocycles. The fraction of sp³-hybridized carbons (Fsp3) is 0.441. The van der Waals surface area contributed by atoms with Crippen molar-refractivity contribution in [3.8, 4) is 22.6 Å². The first-order chi connectivity index (χ1) is 20.7. The van der Waals surface area contributed by atoms with Crippen LogP contribution in [0.15, 0.2) is 67.0 Å². The molecule has 2 aromatic heterocycles. The monoisotopic (exact) mass is 582 g/mol. The van der Waals surface area contributed by atoms with Gasteiger partial charge in [0.1, 0.15) is 28.9 Å². The molecule has 1 amide bonds. The smallest absolute Gasteiger partial charge is 0.410 e. The van der Waals surface area contributed by atoms with Gasteiger partial charge in [0.05, 0.1) is 0 Å². The summed E-state index contributed by atoms with van der Waals surface area (Å²) in [5, 5.41) is 4.65. The van der Waals surface area contributed by atoms with Gasteiger partial charge < -0.3 is 20.1 Å². The van der Waals surface area contributed by atoms with Gasteiger partial charge in [-0.2, -0.15) is 5.10 Å². The molecule has 2 aliphatic rings. The molecule has 9 nitrogen and oxygen atoms in total. The Morgan fingerprint density at radius 2 is 1.65 bits per heavy atom. The molecule has 1 aliphatic carbocycles. The summed E-state index contributed by atoms with van der Waals surface area (Å²) in [4.78, 5) is 21.5. The number of amides is 1. The zero-order valence-electron chi connectivity index (χ0n) is 25.6. The number of hydrogen-bond donors (Lipinski definition) is 1. The van der Waals surface area contributed by atoms with Crippen molar-refractivity contribution in [3.05, 3.63) is 72.7 Å². The summed E-state index contributed by atoms with van der Waals surface area (Å²) in [5.74, 6) is 2.45. The molecule has 0 spiro atoms. The number of benzene rings is 2. The van der Waals surface area contributed by atoms with Gasteiger partial charge in [0.25, 0.3) is 0 Å². The number of para-hydroxylation sites is 1. The van der Waals surface area contributed by atoms with Crippen LogP contribution in [0.4, 0.5) is 10.6 Å². The Balaban J connectivity index is 1.14. The van der Waals surface area contributed by atoms with Crippen molar-refractivity contribution in [1.82, 2.24) is 24.4 Å². The standard InChI is InChI=1S/C34H42N6O3/c1-23-21-38(18-19-39(23)33(41)43-34(2,3)4)26-14-10-25(11-15-26)30-20-29(31-32(35)36-22-37-40(30)31)24-12-16-28(17-13-24)42-27-8-6-5-7-9-27/h5-9,12-13,16-17,20,22-23,25-26H,10-11,14-15,18-19,21H2,1-4H3,(H2,35,36,37). The van der Waals surface area contributed by atoms with E-state index in [1.165, 1.54) is 5.69 Å². The fourth-order valence-corrected chi connectivity index (χ4v) is 6.58. The number of anilines is 1. The zero-order chi connectivity index (χ0) is 30.1. The minimum atomic E-state index is -0.481. The molecule has 6 rings (SSSR count). The van der Waals surface area contributed by atoms with Gasteiger partial charge in [-0.1, -0.05) is 30.3 Å². The Bertz CT molecular complexity index is 1560. The molecule has 2 aromatic carbocycles. The largest absolute Gasteiger partial charge is 0.457 e. The van der Waals surface area contributed by atoms with E-state index in [1.54, 1.807) is 6.33 Å². The lowest BCUT2D eigenvalue weighted by atomic mass is 9.83. The van der Waals surface area contributed by atoms with Gasteiger partial charge in [-0.3, -0.25) is 4.90 Å². The Morgan fingerprint density at radius 1 is 0.953 bits per heavy atom. The van der Waals surface area contributed by atoms with Crippen molar-refractivity contribution in [2.45, 2.75) is 77.0 Å². The van der Waals surface area contributed by atoms with E-state index in [9.17, 15) is 4.79 Å². The van der Waals surface area contributed by atoms with E-state index in [1.807, 2.05) is 72.7 Å². The number of aromatic nitrogens is 3. The summed E-state index contributed by atoms with van der Waals surface area (Å²) >= 11 is 0. The second kappa shape index (κ2) is 11.9. The van der Waals surface area contributed by atoms with Gasteiger partial charge in [-0.15, -0.1) is 0 Å². The van der Waals surface area contributed by atoms with Crippen LogP contribution in [0.1, 0.15) is 65.0 Å². The van der Waals surface area contributed by atoms with E-state index < -0.39 is 5.60 Å². The minimum absolute atomic E-state index is 0.127. The molecule has 1 atom stereocenters. The first kappa shape index (κ1) is 29.0. The molecule has 3 heterocycles. The molecule has 0 bridgehead atoms. The van der Waals surface area contributed by atoms with Crippen molar-refractivity contribution in [1.29, 1.82) is 0 Å². The SMILES string of the molecule is CC1CN(C2CCC(c3cc(-c4ccc(Oc5ccccc5)cc4)c4c(N)ncnn34)CC2)CCN1C(=O)OC(C)(C)C. The van der Waals surface area contributed by atoms with Crippen molar-refractivity contribution in [3.63, 3.8) is 0 Å². The summed E-state index contributed by atoms with van der Waals surface area (Å²) in [7, 11) is 0. The van der Waals surface area contributed by atoms with Crippen molar-refractivity contribution in [2.75, 3.05) is 25.4 Å². The molecule has 2 fully saturated rings. The average molecular weight is 583 g/mol. The van der Waals surface area contributed by atoms with E-state index in [4.69, 9.17) is 15.2 Å². The van der Waals surface area contributed by atoms with Gasteiger partial charge >= 0.3 is 6.09 Å². The number of ether oxygens (including phenoxy) is 2. The number of piperazine rings is 1. The molecule has 1 aliphatic heterocycles. The summed E-state index contributed by atoms with van der Waals surface area (Å²) < 4.78 is 13.6. The molecule has 2 N–H and O–H groups in total. The van der Waals surface area contributed by atoms with E-state index >= 15 is 0 Å². The molecular weight excluding hydrogens is 540 g/mol. The molecule has 43 heavy (non-hydrogen) atoms. The quantitative estimate of drug-likeness (QED) is 0.278. The molecule has 226 valence electrons. The van der Waals surface area contributed by atoms with E-state index in [-0.39, 0.29) is 12.1 Å². The molecule has 9 heteroatoms. The maximum absolute atomic E-state index is 12.7. The molecular formula is C34H42N6O3. The Hall–Kier alpha value is -4.11. The number of carbonyl (C=O) groups is 1. The average Bonchev–Trinajstić information content (AvgIpc) is 3.38. The predicted octanol–water partition coefficient (Wildman–Crippen LogP) is 6.74. The minimum Gasteiger partial charge on any atom is -0.457 e. The van der Waals surface area contributed by atoms with Crippen molar-refractivity contribution >= 4 is 17.4 Å². The third kappa shape index (κ3) is 6.32. The highest BCUT2D eigenvalue weighted by Gasteiger charge is 2.35. The summed E-state index contributed by atoms with van der Waals surface area (Å²) in [5.41, 5.74) is 10.1. The topological polar surface area (TPSA) is 98.2 Å². The lowest BCUT2D eigenvalue weighted by molar-refractivity contribution is -0.00755. The molecule has 0 radical (unpaired) electrons. The van der Waals surface area contributed by atoms with Crippen LogP contribution in [0.5, 0.6) is 11.5 Å². The van der Waals surface area contributed by atoms with E-state index in [0.29, 0.717) is 24.3 Å². The van der Waals surface area contributed by atoms with Crippen LogP contribution in [-0.4, -0.2) is 67.8 Å². The third-order valence-electron chi connectivity index (χ3n) is 8.67. The summed E-state index contributed by atoms with van der Waals surface area (Å²) in [6.45, 7) is 10.3. The first-order valence-corrected chi connectivity index (χ1v) is 15.4. The number of carbonyl (C=O) groups excluding carboxylic acids is 1. The number of fused-ring (bicyclic) bond motifs is 1. The highest BCUT2D eigenvalue weighted by molar-refractivity contribution is 5.88. The lowest BCUT2D eigenvalue weighted by Crippen LogP contribution is -2.57. The van der Waals surface area contributed by atoms with Gasteiger partial charge in [0, 0.05) is 48.9 Å². The van der Waals surface area contributed by atoms with Crippen LogP contribution in [-0.2, 0) is 4.74 Å². The lowest BCUT2D eigenvalue weighted by Gasteiger charge is -2.45. The number of nitrogens with two attached hydrogens (primary N) is 1. The van der Waals surface area contributed by atoms with Crippen LogP contribution in [0.2, 0.25) is 0 Å². The fourth-order valence-electron chi connectivity index (χ4n) is 6.58. The van der Waals surface area contributed by atoms with Gasteiger partial charge in [0.15, 0.2) is 5.82 Å². The van der Waals surface area contributed by atoms with Crippen molar-refractivity contribution in [2.24, 2.45) is 0 Å². The van der Waals surface area contributed by atoms with Gasteiger partial charge in [-0.05, 0) is 89.3 Å². The summed E-state index contributed by atoms with van der Waals surface area (Å²) in [6, 6.07) is 20.8. The van der Waals surface area contributed by atoms with Crippen LogP contribution in [0.3, 0.4) is 0 Å². The van der Waals surface area contributed by atoms with E-state index in [2.05, 4.69) is 40.1 Å². The summed E-state index contributed by atoms with van der Waals surface area (Å²) in [6.07, 6.45) is 5.70. The third-order valence-corrected chi connectivity index (χ3v) is 8.67. The predicted molar refractivity (Wildman–Crippen MR) is 168 cm³/mol. The Labute approximate surface area is 253 Å². The highest BCUT2D eigenvalue weighted by atomic mass is 16.6. The zero-order valence-corrected chi connectivity index (χ0v) is 25.6. The normalized spacial score (nSPS) is 21.6. The van der Waals surface area contributed by atoms with Crippen molar-refractivity contribution < 1.29 is 14.3 Å². The number of rotatable bonds is 5. The molecule has 1 saturated heterocycles. The van der Waals surface area contributed by atoms with Crippen LogP contribution in [0, 0.1) is 0 Å². The number of nitrogens with zero attached hydrogens (tertiary/aromatic N) is 5. The Morgan fingerprint density at radius 3 is 2.33 bits per heavy atom. The molecule has 4 aromatic rings. The number of nitrogen functional groups attached to an aromatic ring is 1. The van der Waals surface area contributed by atoms with Crippen LogP contribution >= 0.6 is 0 Å². The Kier molecular flexibility index (Phi) is 8.01. The maximum atomic E-state index is 12.7. The van der Waals surface area contributed by atoms with E-state index in [0.717, 1.165) is 66.9 Å². The molecule has 1 unspecified atom stereocenters. The first-order valence-electron chi connectivity index (χ1n) is 15.4. The second-order valence-corrected chi connectivity index (χ2v) is 12.9.